The number of aromatic amines is 1. The Morgan fingerprint density at radius 3 is 2.84 bits per heavy atom. The number of anilines is 1. The van der Waals surface area contributed by atoms with Crippen LogP contribution < -0.4 is 10.1 Å². The van der Waals surface area contributed by atoms with Gasteiger partial charge in [-0.25, -0.2) is 13.3 Å². The fraction of sp³-hybridized carbons (Fsp3) is 0.409. The van der Waals surface area contributed by atoms with Crippen LogP contribution in [-0.2, 0) is 4.74 Å². The first-order chi connectivity index (χ1) is 15.6. The number of hydrogen-bond acceptors (Lipinski definition) is 6. The number of hydrogen-bond donors (Lipinski definition) is 2. The molecule has 0 aromatic carbocycles. The van der Waals surface area contributed by atoms with Crippen LogP contribution >= 0.6 is 0 Å². The molecule has 0 amide bonds. The van der Waals surface area contributed by atoms with E-state index in [4.69, 9.17) is 9.47 Å². The highest BCUT2D eigenvalue weighted by molar-refractivity contribution is 5.98. The molecule has 0 spiro atoms. The van der Waals surface area contributed by atoms with Crippen LogP contribution in [0.2, 0.25) is 0 Å². The quantitative estimate of drug-likeness (QED) is 0.444. The number of methoxy groups -OCH3 is 1. The zero-order valence-electron chi connectivity index (χ0n) is 17.6. The summed E-state index contributed by atoms with van der Waals surface area (Å²) in [6.45, 7) is -0.497. The summed E-state index contributed by atoms with van der Waals surface area (Å²) in [6.07, 6.45) is 6.10. The van der Waals surface area contributed by atoms with Gasteiger partial charge in [0, 0.05) is 30.2 Å². The van der Waals surface area contributed by atoms with Crippen molar-refractivity contribution >= 4 is 22.5 Å². The van der Waals surface area contributed by atoms with Crippen molar-refractivity contribution in [2.24, 2.45) is 0 Å². The van der Waals surface area contributed by atoms with Gasteiger partial charge in [0.05, 0.1) is 24.1 Å². The van der Waals surface area contributed by atoms with E-state index >= 15 is 0 Å². The Balaban J connectivity index is 1.35. The van der Waals surface area contributed by atoms with E-state index in [1.807, 2.05) is 24.5 Å². The summed E-state index contributed by atoms with van der Waals surface area (Å²) in [6, 6.07) is 6.14. The van der Waals surface area contributed by atoms with E-state index in [1.54, 1.807) is 17.8 Å². The van der Waals surface area contributed by atoms with Crippen molar-refractivity contribution in [3.63, 3.8) is 0 Å². The molecule has 1 aliphatic carbocycles. The first kappa shape index (κ1) is 20.6. The van der Waals surface area contributed by atoms with Crippen LogP contribution in [0, 0.1) is 0 Å². The first-order valence-electron chi connectivity index (χ1n) is 10.6. The smallest absolute Gasteiger partial charge is 0.261 e. The average molecular weight is 442 g/mol. The van der Waals surface area contributed by atoms with E-state index in [-0.39, 0.29) is 12.1 Å². The molecule has 5 rings (SSSR count). The van der Waals surface area contributed by atoms with Gasteiger partial charge in [-0.3, -0.25) is 0 Å². The fourth-order valence-electron chi connectivity index (χ4n) is 4.29. The largest absolute Gasteiger partial charge is 0.480 e. The maximum Gasteiger partial charge on any atom is 0.261 e. The number of ether oxygens (including phenoxy) is 2. The predicted molar refractivity (Wildman–Crippen MR) is 116 cm³/mol. The number of fused-ring (bicyclic) bond motifs is 2. The number of aromatic nitrogens is 5. The summed E-state index contributed by atoms with van der Waals surface area (Å²) in [5.41, 5.74) is 3.62. The van der Waals surface area contributed by atoms with Gasteiger partial charge in [0.1, 0.15) is 12.3 Å². The van der Waals surface area contributed by atoms with Crippen LogP contribution in [0.4, 0.5) is 14.7 Å². The molecule has 168 valence electrons. The number of H-pyrrole nitrogens is 1. The number of nitrogens with one attached hydrogen (secondary N) is 2. The van der Waals surface area contributed by atoms with Gasteiger partial charge in [0.15, 0.2) is 0 Å². The third-order valence-corrected chi connectivity index (χ3v) is 5.87. The minimum absolute atomic E-state index is 0.112. The van der Waals surface area contributed by atoms with Crippen molar-refractivity contribution < 1.29 is 18.3 Å². The Morgan fingerprint density at radius 2 is 2.06 bits per heavy atom. The average Bonchev–Trinajstić information content (AvgIpc) is 3.44. The van der Waals surface area contributed by atoms with Crippen LogP contribution in [0.15, 0.2) is 36.8 Å². The molecule has 0 bridgehead atoms. The van der Waals surface area contributed by atoms with Gasteiger partial charge in [0.2, 0.25) is 11.8 Å². The molecule has 10 heteroatoms. The lowest BCUT2D eigenvalue weighted by Gasteiger charge is -2.29. The summed E-state index contributed by atoms with van der Waals surface area (Å²) in [7, 11) is 1.59. The monoisotopic (exact) mass is 442 g/mol. The molecule has 4 aromatic heterocycles. The van der Waals surface area contributed by atoms with Crippen molar-refractivity contribution in [2.75, 3.05) is 19.0 Å². The van der Waals surface area contributed by atoms with Crippen molar-refractivity contribution in [3.05, 3.63) is 36.8 Å². The molecule has 1 saturated carbocycles. The van der Waals surface area contributed by atoms with E-state index < -0.39 is 13.0 Å². The van der Waals surface area contributed by atoms with Gasteiger partial charge in [-0.2, -0.15) is 15.1 Å². The molecule has 4 heterocycles. The van der Waals surface area contributed by atoms with Gasteiger partial charge in [-0.05, 0) is 49.4 Å². The van der Waals surface area contributed by atoms with Crippen molar-refractivity contribution in [3.8, 4) is 17.0 Å². The normalized spacial score (nSPS) is 19.1. The molecular formula is C22H24F2N6O2. The molecule has 0 saturated heterocycles. The van der Waals surface area contributed by atoms with Crippen molar-refractivity contribution in [1.82, 2.24) is 24.6 Å². The van der Waals surface area contributed by atoms with Crippen LogP contribution in [0.5, 0.6) is 5.88 Å². The van der Waals surface area contributed by atoms with E-state index in [2.05, 4.69) is 31.4 Å². The van der Waals surface area contributed by atoms with Gasteiger partial charge >= 0.3 is 0 Å². The third-order valence-electron chi connectivity index (χ3n) is 5.87. The highest BCUT2D eigenvalue weighted by atomic mass is 19.3. The second kappa shape index (κ2) is 8.70. The highest BCUT2D eigenvalue weighted by Gasteiger charge is 2.24. The maximum absolute atomic E-state index is 12.3. The Bertz CT molecular complexity index is 1220. The summed E-state index contributed by atoms with van der Waals surface area (Å²) in [5.74, 6) is 0.960. The van der Waals surface area contributed by atoms with Crippen LogP contribution in [0.25, 0.3) is 27.7 Å². The molecule has 8 nitrogen and oxygen atoms in total. The Hall–Kier alpha value is -3.27. The van der Waals surface area contributed by atoms with Crippen LogP contribution in [-0.4, -0.2) is 56.9 Å². The second-order valence-electron chi connectivity index (χ2n) is 7.94. The van der Waals surface area contributed by atoms with Crippen molar-refractivity contribution in [1.29, 1.82) is 0 Å². The number of rotatable bonds is 7. The molecule has 0 radical (unpaired) electrons. The Labute approximate surface area is 183 Å². The fourth-order valence-corrected chi connectivity index (χ4v) is 4.29. The first-order valence-corrected chi connectivity index (χ1v) is 10.6. The van der Waals surface area contributed by atoms with Crippen LogP contribution in [0.3, 0.4) is 0 Å². The second-order valence-corrected chi connectivity index (χ2v) is 7.94. The topological polar surface area (TPSA) is 89.4 Å². The van der Waals surface area contributed by atoms with Gasteiger partial charge in [-0.15, -0.1) is 0 Å². The third kappa shape index (κ3) is 4.10. The molecule has 4 aromatic rings. The van der Waals surface area contributed by atoms with Gasteiger partial charge in [0.25, 0.3) is 6.43 Å². The summed E-state index contributed by atoms with van der Waals surface area (Å²) < 4.78 is 37.4. The lowest BCUT2D eigenvalue weighted by Crippen LogP contribution is -2.31. The number of alkyl halides is 2. The maximum atomic E-state index is 12.3. The molecule has 32 heavy (non-hydrogen) atoms. The summed E-state index contributed by atoms with van der Waals surface area (Å²) in [5, 5.41) is 8.41. The predicted octanol–water partition coefficient (Wildman–Crippen LogP) is 4.29. The molecule has 0 unspecified atom stereocenters. The molecular weight excluding hydrogens is 418 g/mol. The van der Waals surface area contributed by atoms with Gasteiger partial charge in [-0.1, -0.05) is 0 Å². The standard InChI is InChI=1S/C22H24F2N6O2/c1-31-21-19-17(13-7-9-30-15(10-13)6-8-26-30)11-25-20(19)28-22(29-21)27-14-2-4-16(5-3-14)32-12-18(23)24/h6-11,14,16,18H,2-5,12H2,1H3,(H2,25,27,28,29)/t14-,16+. The molecule has 0 atom stereocenters. The van der Waals surface area contributed by atoms with Crippen LogP contribution in [0.1, 0.15) is 25.7 Å². The van der Waals surface area contributed by atoms with E-state index in [9.17, 15) is 8.78 Å². The molecule has 2 N–H and O–H groups in total. The van der Waals surface area contributed by atoms with E-state index in [0.717, 1.165) is 47.7 Å². The molecule has 1 aliphatic rings. The minimum atomic E-state index is -2.42. The van der Waals surface area contributed by atoms with Crippen molar-refractivity contribution in [2.45, 2.75) is 44.3 Å². The van der Waals surface area contributed by atoms with E-state index in [1.165, 1.54) is 0 Å². The number of halogens is 2. The number of pyridine rings is 1. The zero-order valence-corrected chi connectivity index (χ0v) is 17.6. The Kier molecular flexibility index (Phi) is 5.60. The minimum Gasteiger partial charge on any atom is -0.480 e. The lowest BCUT2D eigenvalue weighted by molar-refractivity contribution is -0.0374. The SMILES string of the molecule is COc1nc(N[C@H]2CC[C@@H](OCC(F)F)CC2)nc2[nH]cc(-c3ccn4nccc4c3)c12. The summed E-state index contributed by atoms with van der Waals surface area (Å²) >= 11 is 0. The van der Waals surface area contributed by atoms with E-state index in [0.29, 0.717) is 17.5 Å². The lowest BCUT2D eigenvalue weighted by atomic mass is 9.93. The molecule has 0 aliphatic heterocycles. The molecule has 1 fully saturated rings. The zero-order chi connectivity index (χ0) is 22.1. The Morgan fingerprint density at radius 1 is 1.22 bits per heavy atom. The summed E-state index contributed by atoms with van der Waals surface area (Å²) in [4.78, 5) is 12.5. The number of nitrogens with zero attached hydrogens (tertiary/aromatic N) is 4. The van der Waals surface area contributed by atoms with Gasteiger partial charge < -0.3 is 19.8 Å². The highest BCUT2D eigenvalue weighted by Crippen LogP contribution is 2.35.